The predicted molar refractivity (Wildman–Crippen MR) is 92.9 cm³/mol. The Morgan fingerprint density at radius 1 is 1.26 bits per heavy atom. The average Bonchev–Trinajstić information content (AvgIpc) is 3.04. The summed E-state index contributed by atoms with van der Waals surface area (Å²) in [5.41, 5.74) is 0. The van der Waals surface area contributed by atoms with Crippen molar-refractivity contribution in [2.24, 2.45) is 0 Å². The van der Waals surface area contributed by atoms with Gasteiger partial charge in [0.15, 0.2) is 0 Å². The molecule has 0 spiro atoms. The number of unbranched alkanes of at least 4 members (excludes halogenated alkanes) is 1. The van der Waals surface area contributed by atoms with Crippen molar-refractivity contribution in [3.8, 4) is 0 Å². The molecule has 6 nitrogen and oxygen atoms in total. The molecule has 132 valence electrons. The second-order valence-electron chi connectivity index (χ2n) is 6.29. The highest BCUT2D eigenvalue weighted by molar-refractivity contribution is 8.00. The fourth-order valence-electron chi connectivity index (χ4n) is 2.98. The van der Waals surface area contributed by atoms with Crippen LogP contribution in [0.15, 0.2) is 0 Å². The molecule has 0 aromatic carbocycles. The molecule has 3 unspecified atom stereocenters. The molecule has 2 amide bonds. The van der Waals surface area contributed by atoms with Gasteiger partial charge >= 0.3 is 6.03 Å². The maximum Gasteiger partial charge on any atom is 0.315 e. The number of thioether (sulfide) groups is 1. The van der Waals surface area contributed by atoms with Gasteiger partial charge in [-0.1, -0.05) is 6.42 Å². The molecule has 2 saturated heterocycles. The van der Waals surface area contributed by atoms with Crippen molar-refractivity contribution in [3.63, 3.8) is 0 Å². The summed E-state index contributed by atoms with van der Waals surface area (Å²) in [6.45, 7) is 4.84. The summed E-state index contributed by atoms with van der Waals surface area (Å²) in [5, 5.41) is 10.0. The van der Waals surface area contributed by atoms with Gasteiger partial charge in [0.25, 0.3) is 0 Å². The van der Waals surface area contributed by atoms with E-state index in [-0.39, 0.29) is 11.8 Å². The molecular formula is C16H29N3O3S. The number of fused-ring (bicyclic) bond motifs is 1. The minimum absolute atomic E-state index is 0.00233. The number of ketones is 1. The lowest BCUT2D eigenvalue weighted by molar-refractivity contribution is -0.118. The Balaban J connectivity index is 1.37. The van der Waals surface area contributed by atoms with Crippen LogP contribution in [0.3, 0.4) is 0 Å². The summed E-state index contributed by atoms with van der Waals surface area (Å²) < 4.78 is 5.38. The van der Waals surface area contributed by atoms with Crippen molar-refractivity contribution in [2.45, 2.75) is 56.4 Å². The topological polar surface area (TPSA) is 79.5 Å². The summed E-state index contributed by atoms with van der Waals surface area (Å²) in [6.07, 6.45) is 5.03. The molecule has 3 atom stereocenters. The number of hydrogen-bond donors (Lipinski definition) is 3. The molecule has 2 rings (SSSR count). The average molecular weight is 343 g/mol. The Morgan fingerprint density at radius 2 is 2.09 bits per heavy atom. The highest BCUT2D eigenvalue weighted by atomic mass is 32.2. The first-order chi connectivity index (χ1) is 11.2. The molecule has 2 fully saturated rings. The molecule has 0 saturated carbocycles. The first-order valence-corrected chi connectivity index (χ1v) is 9.68. The summed E-state index contributed by atoms with van der Waals surface area (Å²) >= 11 is 1.98. The Labute approximate surface area is 142 Å². The van der Waals surface area contributed by atoms with Crippen LogP contribution >= 0.6 is 11.8 Å². The first kappa shape index (κ1) is 18.5. The van der Waals surface area contributed by atoms with Crippen LogP contribution in [0.2, 0.25) is 0 Å². The monoisotopic (exact) mass is 343 g/mol. The second kappa shape index (κ2) is 10.2. The Kier molecular flexibility index (Phi) is 8.19. The molecule has 0 aromatic rings. The van der Waals surface area contributed by atoms with Crippen LogP contribution in [-0.4, -0.2) is 61.2 Å². The molecule has 3 N–H and O–H groups in total. The third kappa shape index (κ3) is 6.69. The van der Waals surface area contributed by atoms with Gasteiger partial charge in [0.05, 0.1) is 18.7 Å². The van der Waals surface area contributed by atoms with E-state index in [9.17, 15) is 9.59 Å². The molecule has 23 heavy (non-hydrogen) atoms. The molecule has 2 heterocycles. The van der Waals surface area contributed by atoms with Gasteiger partial charge in [-0.15, -0.1) is 0 Å². The second-order valence-corrected chi connectivity index (χ2v) is 7.56. The van der Waals surface area contributed by atoms with Crippen LogP contribution < -0.4 is 16.0 Å². The number of carbonyl (C=O) groups is 2. The quantitative estimate of drug-likeness (QED) is 0.368. The molecule has 0 radical (unpaired) electrons. The highest BCUT2D eigenvalue weighted by Crippen LogP contribution is 2.32. The van der Waals surface area contributed by atoms with Crippen molar-refractivity contribution in [2.75, 3.05) is 32.1 Å². The number of ether oxygens (including phenoxy) is 1. The van der Waals surface area contributed by atoms with Crippen LogP contribution in [0.5, 0.6) is 0 Å². The lowest BCUT2D eigenvalue weighted by Gasteiger charge is -2.16. The van der Waals surface area contributed by atoms with E-state index in [0.29, 0.717) is 30.4 Å². The smallest absolute Gasteiger partial charge is 0.315 e. The number of hydrogen-bond acceptors (Lipinski definition) is 5. The van der Waals surface area contributed by atoms with E-state index in [1.807, 2.05) is 11.8 Å². The van der Waals surface area contributed by atoms with Crippen LogP contribution in [-0.2, 0) is 9.53 Å². The van der Waals surface area contributed by atoms with Gasteiger partial charge in [-0.05, 0) is 39.3 Å². The van der Waals surface area contributed by atoms with Gasteiger partial charge in [-0.3, -0.25) is 4.79 Å². The summed E-state index contributed by atoms with van der Waals surface area (Å²) in [7, 11) is 0. The molecule has 0 aromatic heterocycles. The molecule has 2 aliphatic heterocycles. The SMILES string of the molecule is CC(=O)CCOCCCNCCCCC1SCC2NC(=O)NC21. The summed E-state index contributed by atoms with van der Waals surface area (Å²) in [5.74, 6) is 1.22. The normalized spacial score (nSPS) is 26.0. The third-order valence-corrected chi connectivity index (χ3v) is 5.78. The van der Waals surface area contributed by atoms with Gasteiger partial charge in [-0.2, -0.15) is 11.8 Å². The van der Waals surface area contributed by atoms with Gasteiger partial charge < -0.3 is 20.7 Å². The number of urea groups is 1. The van der Waals surface area contributed by atoms with Crippen LogP contribution in [0.25, 0.3) is 0 Å². The predicted octanol–water partition coefficient (Wildman–Crippen LogP) is 1.30. The van der Waals surface area contributed by atoms with Gasteiger partial charge in [0.1, 0.15) is 5.78 Å². The van der Waals surface area contributed by atoms with E-state index < -0.39 is 0 Å². The number of rotatable bonds is 12. The van der Waals surface area contributed by atoms with E-state index >= 15 is 0 Å². The van der Waals surface area contributed by atoms with E-state index in [2.05, 4.69) is 16.0 Å². The maximum absolute atomic E-state index is 11.3. The zero-order chi connectivity index (χ0) is 16.5. The highest BCUT2D eigenvalue weighted by Gasteiger charge is 2.42. The van der Waals surface area contributed by atoms with E-state index in [1.165, 1.54) is 19.3 Å². The zero-order valence-corrected chi connectivity index (χ0v) is 14.8. The zero-order valence-electron chi connectivity index (χ0n) is 13.9. The Bertz CT molecular complexity index is 395. The number of Topliss-reactive ketones (excluding diaryl/α,β-unsaturated/α-hetero) is 1. The lowest BCUT2D eigenvalue weighted by atomic mass is 10.0. The van der Waals surface area contributed by atoms with Gasteiger partial charge in [0, 0.05) is 24.0 Å². The van der Waals surface area contributed by atoms with Crippen molar-refractivity contribution >= 4 is 23.6 Å². The standard InChI is InChI=1S/C16H29N3O3S/c1-12(20)6-10-22-9-4-8-17-7-3-2-5-14-15-13(11-23-14)18-16(21)19-15/h13-15,17H,2-11H2,1H3,(H2,18,19,21). The van der Waals surface area contributed by atoms with E-state index in [0.717, 1.165) is 31.9 Å². The van der Waals surface area contributed by atoms with Gasteiger partial charge in [-0.25, -0.2) is 4.79 Å². The van der Waals surface area contributed by atoms with Crippen LogP contribution in [0.1, 0.15) is 39.0 Å². The molecule has 2 aliphatic rings. The van der Waals surface area contributed by atoms with Crippen molar-refractivity contribution < 1.29 is 14.3 Å². The minimum Gasteiger partial charge on any atom is -0.381 e. The number of amides is 2. The summed E-state index contributed by atoms with van der Waals surface area (Å²) in [6, 6.07) is 0.656. The third-order valence-electron chi connectivity index (χ3n) is 4.27. The van der Waals surface area contributed by atoms with Crippen LogP contribution in [0, 0.1) is 0 Å². The minimum atomic E-state index is -0.00233. The van der Waals surface area contributed by atoms with Gasteiger partial charge in [0.2, 0.25) is 0 Å². The fraction of sp³-hybridized carbons (Fsp3) is 0.875. The lowest BCUT2D eigenvalue weighted by Crippen LogP contribution is -2.36. The van der Waals surface area contributed by atoms with Crippen molar-refractivity contribution in [3.05, 3.63) is 0 Å². The fourth-order valence-corrected chi connectivity index (χ4v) is 4.52. The largest absolute Gasteiger partial charge is 0.381 e. The van der Waals surface area contributed by atoms with Crippen LogP contribution in [0.4, 0.5) is 4.79 Å². The van der Waals surface area contributed by atoms with Crippen molar-refractivity contribution in [1.29, 1.82) is 0 Å². The molecule has 7 heteroatoms. The van der Waals surface area contributed by atoms with E-state index in [1.54, 1.807) is 6.92 Å². The molecular weight excluding hydrogens is 314 g/mol. The number of nitrogens with one attached hydrogen (secondary N) is 3. The molecule has 0 aliphatic carbocycles. The Hall–Kier alpha value is -0.790. The van der Waals surface area contributed by atoms with Crippen molar-refractivity contribution in [1.82, 2.24) is 16.0 Å². The molecule has 0 bridgehead atoms. The summed E-state index contributed by atoms with van der Waals surface area (Å²) in [4.78, 5) is 22.0. The Morgan fingerprint density at radius 3 is 2.91 bits per heavy atom. The first-order valence-electron chi connectivity index (χ1n) is 8.63. The number of carbonyl (C=O) groups excluding carboxylic acids is 2. The van der Waals surface area contributed by atoms with E-state index in [4.69, 9.17) is 4.74 Å². The maximum atomic E-state index is 11.3.